The molecule has 0 aliphatic heterocycles. The average Bonchev–Trinajstić information content (AvgIpc) is 2.28. The van der Waals surface area contributed by atoms with Gasteiger partial charge in [-0.1, -0.05) is 0 Å². The summed E-state index contributed by atoms with van der Waals surface area (Å²) in [6.45, 7) is 0.139. The molecule has 0 fully saturated rings. The first kappa shape index (κ1) is 14.3. The van der Waals surface area contributed by atoms with Gasteiger partial charge in [0.05, 0.1) is 29.8 Å². The largest absolute Gasteiger partial charge is 0.465 e. The summed E-state index contributed by atoms with van der Waals surface area (Å²) in [6.07, 6.45) is 0. The van der Waals surface area contributed by atoms with Crippen LogP contribution in [-0.4, -0.2) is 33.8 Å². The fourth-order valence-corrected chi connectivity index (χ4v) is 1.68. The molecule has 0 aliphatic carbocycles. The first-order valence-electron chi connectivity index (χ1n) is 5.05. The molecule has 0 aliphatic rings. The molecule has 18 heavy (non-hydrogen) atoms. The number of benzene rings is 1. The Morgan fingerprint density at radius 2 is 2.11 bits per heavy atom. The minimum atomic E-state index is -3.51. The maximum atomic E-state index is 11.2. The molecule has 8 heteroatoms. The number of ether oxygens (including phenoxy) is 1. The lowest BCUT2D eigenvalue weighted by Gasteiger charge is -2.09. The van der Waals surface area contributed by atoms with E-state index in [0.29, 0.717) is 16.9 Å². The Bertz CT molecular complexity index is 542. The van der Waals surface area contributed by atoms with E-state index < -0.39 is 16.0 Å². The summed E-state index contributed by atoms with van der Waals surface area (Å²) in [5.74, 6) is -0.691. The quantitative estimate of drug-likeness (QED) is 0.502. The first-order chi connectivity index (χ1) is 8.33. The maximum Gasteiger partial charge on any atom is 0.337 e. The van der Waals surface area contributed by atoms with E-state index in [-0.39, 0.29) is 12.3 Å². The van der Waals surface area contributed by atoms with Crippen LogP contribution >= 0.6 is 0 Å². The third-order valence-corrected chi connectivity index (χ3v) is 2.95. The van der Waals surface area contributed by atoms with E-state index in [4.69, 9.17) is 10.9 Å². The lowest BCUT2D eigenvalue weighted by molar-refractivity contribution is 0.0601. The van der Waals surface area contributed by atoms with Gasteiger partial charge in [0.15, 0.2) is 0 Å². The van der Waals surface area contributed by atoms with Crippen LogP contribution in [0.1, 0.15) is 10.4 Å². The Balaban J connectivity index is 2.71. The monoisotopic (exact) mass is 273 g/mol. The van der Waals surface area contributed by atoms with Gasteiger partial charge in [0, 0.05) is 6.54 Å². The molecule has 7 nitrogen and oxygen atoms in total. The van der Waals surface area contributed by atoms with Gasteiger partial charge in [-0.2, -0.15) is 0 Å². The predicted octanol–water partition coefficient (Wildman–Crippen LogP) is -0.244. The summed E-state index contributed by atoms with van der Waals surface area (Å²) in [5.41, 5.74) is 6.90. The van der Waals surface area contributed by atoms with E-state index in [1.807, 2.05) is 0 Å². The average molecular weight is 273 g/mol. The van der Waals surface area contributed by atoms with Crippen LogP contribution in [0, 0.1) is 0 Å². The number of methoxy groups -OCH3 is 1. The van der Waals surface area contributed by atoms with Crippen molar-refractivity contribution in [3.8, 4) is 0 Å². The standard InChI is InChI=1S/C10H15N3O4S/c1-17-10(14)7-2-3-9(8(11)6-7)13-4-5-18(12,15)16/h2-3,6,13H,4-5,11H2,1H3,(H2,12,15,16). The second kappa shape index (κ2) is 5.69. The molecule has 0 heterocycles. The van der Waals surface area contributed by atoms with Gasteiger partial charge in [-0.25, -0.2) is 18.4 Å². The number of nitrogens with two attached hydrogens (primary N) is 2. The molecule has 0 atom stereocenters. The Kier molecular flexibility index (Phi) is 4.51. The highest BCUT2D eigenvalue weighted by molar-refractivity contribution is 7.89. The Hall–Kier alpha value is -1.80. The molecule has 0 bridgehead atoms. The van der Waals surface area contributed by atoms with Crippen LogP contribution in [0.4, 0.5) is 11.4 Å². The molecule has 0 saturated carbocycles. The van der Waals surface area contributed by atoms with Crippen LogP contribution in [-0.2, 0) is 14.8 Å². The molecule has 0 saturated heterocycles. The van der Waals surface area contributed by atoms with E-state index in [2.05, 4.69) is 10.1 Å². The van der Waals surface area contributed by atoms with E-state index >= 15 is 0 Å². The van der Waals surface area contributed by atoms with Gasteiger partial charge >= 0.3 is 5.97 Å². The molecular formula is C10H15N3O4S. The van der Waals surface area contributed by atoms with Crippen molar-refractivity contribution in [2.24, 2.45) is 5.14 Å². The van der Waals surface area contributed by atoms with Crippen LogP contribution in [0.25, 0.3) is 0 Å². The zero-order chi connectivity index (χ0) is 13.8. The minimum Gasteiger partial charge on any atom is -0.465 e. The highest BCUT2D eigenvalue weighted by Gasteiger charge is 2.08. The van der Waals surface area contributed by atoms with Crippen LogP contribution in [0.3, 0.4) is 0 Å². The van der Waals surface area contributed by atoms with Crippen molar-refractivity contribution in [2.75, 3.05) is 30.5 Å². The van der Waals surface area contributed by atoms with Gasteiger partial charge in [0.25, 0.3) is 0 Å². The number of anilines is 2. The number of nitrogen functional groups attached to an aromatic ring is 1. The second-order valence-electron chi connectivity index (χ2n) is 3.59. The lowest BCUT2D eigenvalue weighted by atomic mass is 10.2. The number of sulfonamides is 1. The summed E-state index contributed by atoms with van der Waals surface area (Å²) in [4.78, 5) is 11.2. The first-order valence-corrected chi connectivity index (χ1v) is 6.77. The van der Waals surface area contributed by atoms with Gasteiger partial charge in [-0.05, 0) is 18.2 Å². The van der Waals surface area contributed by atoms with Crippen molar-refractivity contribution in [2.45, 2.75) is 0 Å². The fourth-order valence-electron chi connectivity index (χ4n) is 1.30. The van der Waals surface area contributed by atoms with Crippen molar-refractivity contribution >= 4 is 27.4 Å². The Morgan fingerprint density at radius 3 is 2.61 bits per heavy atom. The molecule has 1 aromatic rings. The van der Waals surface area contributed by atoms with E-state index in [9.17, 15) is 13.2 Å². The molecule has 100 valence electrons. The van der Waals surface area contributed by atoms with Gasteiger partial charge < -0.3 is 15.8 Å². The van der Waals surface area contributed by atoms with E-state index in [0.717, 1.165) is 0 Å². The number of nitrogens with one attached hydrogen (secondary N) is 1. The molecule has 0 spiro atoms. The fraction of sp³-hybridized carbons (Fsp3) is 0.300. The third kappa shape index (κ3) is 4.22. The molecule has 0 aromatic heterocycles. The van der Waals surface area contributed by atoms with Crippen molar-refractivity contribution in [3.05, 3.63) is 23.8 Å². The summed E-state index contributed by atoms with van der Waals surface area (Å²) in [7, 11) is -2.24. The number of carbonyl (C=O) groups excluding carboxylic acids is 1. The zero-order valence-corrected chi connectivity index (χ0v) is 10.7. The minimum absolute atomic E-state index is 0.139. The van der Waals surface area contributed by atoms with Crippen LogP contribution in [0.5, 0.6) is 0 Å². The molecule has 1 aromatic carbocycles. The topological polar surface area (TPSA) is 125 Å². The summed E-state index contributed by atoms with van der Waals surface area (Å²) in [6, 6.07) is 4.55. The lowest BCUT2D eigenvalue weighted by Crippen LogP contribution is -2.22. The van der Waals surface area contributed by atoms with Crippen molar-refractivity contribution < 1.29 is 17.9 Å². The SMILES string of the molecule is COC(=O)c1ccc(NCCS(N)(=O)=O)c(N)c1. The van der Waals surface area contributed by atoms with Gasteiger partial charge in [0.2, 0.25) is 10.0 Å². The van der Waals surface area contributed by atoms with Crippen LogP contribution in [0.15, 0.2) is 18.2 Å². The summed E-state index contributed by atoms with van der Waals surface area (Å²) >= 11 is 0. The third-order valence-electron chi connectivity index (χ3n) is 2.17. The highest BCUT2D eigenvalue weighted by atomic mass is 32.2. The number of carbonyl (C=O) groups is 1. The molecule has 1 rings (SSSR count). The maximum absolute atomic E-state index is 11.2. The molecule has 0 amide bonds. The number of primary sulfonamides is 1. The number of esters is 1. The second-order valence-corrected chi connectivity index (χ2v) is 5.32. The van der Waals surface area contributed by atoms with Crippen LogP contribution < -0.4 is 16.2 Å². The smallest absolute Gasteiger partial charge is 0.337 e. The number of hydrogen-bond acceptors (Lipinski definition) is 6. The molecule has 5 N–H and O–H groups in total. The van der Waals surface area contributed by atoms with Gasteiger partial charge in [-0.15, -0.1) is 0 Å². The highest BCUT2D eigenvalue weighted by Crippen LogP contribution is 2.20. The van der Waals surface area contributed by atoms with Crippen molar-refractivity contribution in [1.82, 2.24) is 0 Å². The van der Waals surface area contributed by atoms with E-state index in [1.54, 1.807) is 6.07 Å². The summed E-state index contributed by atoms with van der Waals surface area (Å²) < 4.78 is 26.0. The Labute approximate surface area is 105 Å². The van der Waals surface area contributed by atoms with E-state index in [1.165, 1.54) is 19.2 Å². The van der Waals surface area contributed by atoms with Gasteiger partial charge in [-0.3, -0.25) is 0 Å². The predicted molar refractivity (Wildman–Crippen MR) is 68.7 cm³/mol. The van der Waals surface area contributed by atoms with Crippen molar-refractivity contribution in [1.29, 1.82) is 0 Å². The molecule has 0 unspecified atom stereocenters. The number of hydrogen-bond donors (Lipinski definition) is 3. The van der Waals surface area contributed by atoms with Gasteiger partial charge in [0.1, 0.15) is 0 Å². The molecule has 0 radical (unpaired) electrons. The Morgan fingerprint density at radius 1 is 1.44 bits per heavy atom. The molecular weight excluding hydrogens is 258 g/mol. The van der Waals surface area contributed by atoms with Crippen LogP contribution in [0.2, 0.25) is 0 Å². The normalized spacial score (nSPS) is 11.0. The summed E-state index contributed by atoms with van der Waals surface area (Å²) in [5, 5.41) is 7.68. The number of rotatable bonds is 5. The van der Waals surface area contributed by atoms with Crippen molar-refractivity contribution in [3.63, 3.8) is 0 Å². The zero-order valence-electron chi connectivity index (χ0n) is 9.84.